The molecule has 0 fully saturated rings. The number of rotatable bonds is 9. The van der Waals surface area contributed by atoms with Gasteiger partial charge in [-0.2, -0.15) is 0 Å². The average Bonchev–Trinajstić information content (AvgIpc) is 2.76. The standard InChI is InChI=1S/C22H27NO2.CH3F.CH5N/c1-5-10-17(6-2)11-9-12-18-15-22(24)25-21-16-19(13-14-20(18)21)23(7-3)8-4;2*1-2/h5-6,10,13-16H,1-2,7-9,11-12H2,3-4H3;1H3;2H2,1H3/b17-10+;;. The van der Waals surface area contributed by atoms with Gasteiger partial charge in [0.25, 0.3) is 0 Å². The van der Waals surface area contributed by atoms with Gasteiger partial charge in [0.1, 0.15) is 5.58 Å². The minimum atomic E-state index is -0.287. The molecule has 0 saturated carbocycles. The van der Waals surface area contributed by atoms with E-state index in [2.05, 4.69) is 49.8 Å². The van der Waals surface area contributed by atoms with Crippen molar-refractivity contribution < 1.29 is 8.81 Å². The van der Waals surface area contributed by atoms with E-state index >= 15 is 0 Å². The second-order valence-electron chi connectivity index (χ2n) is 5.98. The van der Waals surface area contributed by atoms with Gasteiger partial charge in [0, 0.05) is 36.3 Å². The van der Waals surface area contributed by atoms with Gasteiger partial charge in [0.15, 0.2) is 0 Å². The van der Waals surface area contributed by atoms with Crippen molar-refractivity contribution in [2.45, 2.75) is 33.1 Å². The topological polar surface area (TPSA) is 59.5 Å². The Morgan fingerprint density at radius 1 is 1.17 bits per heavy atom. The zero-order valence-corrected chi connectivity index (χ0v) is 18.2. The van der Waals surface area contributed by atoms with Crippen LogP contribution >= 0.6 is 0 Å². The predicted octanol–water partition coefficient (Wildman–Crippen LogP) is 5.42. The van der Waals surface area contributed by atoms with Crippen LogP contribution in [0.5, 0.6) is 0 Å². The van der Waals surface area contributed by atoms with Crippen LogP contribution in [0.2, 0.25) is 0 Å². The Labute approximate surface area is 174 Å². The van der Waals surface area contributed by atoms with E-state index in [1.54, 1.807) is 12.1 Å². The summed E-state index contributed by atoms with van der Waals surface area (Å²) in [6, 6.07) is 7.76. The highest BCUT2D eigenvalue weighted by molar-refractivity contribution is 5.83. The minimum Gasteiger partial charge on any atom is -0.423 e. The molecular formula is C24H35FN2O2. The summed E-state index contributed by atoms with van der Waals surface area (Å²) in [6.07, 6.45) is 8.29. The molecule has 0 bridgehead atoms. The van der Waals surface area contributed by atoms with Crippen LogP contribution in [-0.2, 0) is 6.42 Å². The highest BCUT2D eigenvalue weighted by atomic mass is 19.1. The van der Waals surface area contributed by atoms with Crippen LogP contribution in [-0.4, -0.2) is 27.3 Å². The molecule has 0 atom stereocenters. The monoisotopic (exact) mass is 402 g/mol. The van der Waals surface area contributed by atoms with Gasteiger partial charge in [-0.15, -0.1) is 0 Å². The molecule has 0 amide bonds. The fraction of sp³-hybridized carbons (Fsp3) is 0.375. The lowest BCUT2D eigenvalue weighted by Crippen LogP contribution is -2.21. The van der Waals surface area contributed by atoms with Gasteiger partial charge in [-0.3, -0.25) is 4.39 Å². The number of fused-ring (bicyclic) bond motifs is 1. The van der Waals surface area contributed by atoms with Gasteiger partial charge < -0.3 is 15.1 Å². The first kappa shape index (κ1) is 26.3. The number of allylic oxidation sites excluding steroid dienone is 4. The Balaban J connectivity index is 0.00000184. The van der Waals surface area contributed by atoms with Crippen LogP contribution < -0.4 is 16.3 Å². The summed E-state index contributed by atoms with van der Waals surface area (Å²) in [5.74, 6) is 0. The van der Waals surface area contributed by atoms with E-state index in [0.717, 1.165) is 54.6 Å². The average molecular weight is 403 g/mol. The van der Waals surface area contributed by atoms with Crippen molar-refractivity contribution in [1.82, 2.24) is 0 Å². The van der Waals surface area contributed by atoms with Crippen LogP contribution in [0.4, 0.5) is 10.1 Å². The summed E-state index contributed by atoms with van der Waals surface area (Å²) >= 11 is 0. The van der Waals surface area contributed by atoms with Crippen LogP contribution in [0.15, 0.2) is 70.4 Å². The molecule has 1 aromatic carbocycles. The van der Waals surface area contributed by atoms with Crippen molar-refractivity contribution in [2.75, 3.05) is 32.2 Å². The third-order valence-corrected chi connectivity index (χ3v) is 4.45. The normalized spacial score (nSPS) is 10.3. The Morgan fingerprint density at radius 3 is 2.38 bits per heavy atom. The zero-order valence-electron chi connectivity index (χ0n) is 18.2. The number of benzene rings is 1. The number of nitrogens with zero attached hydrogens (tertiary/aromatic N) is 1. The van der Waals surface area contributed by atoms with Crippen LogP contribution in [0.1, 0.15) is 32.3 Å². The molecule has 1 aromatic heterocycles. The second-order valence-corrected chi connectivity index (χ2v) is 5.98. The van der Waals surface area contributed by atoms with Gasteiger partial charge in [-0.1, -0.05) is 31.4 Å². The molecular weight excluding hydrogens is 367 g/mol. The number of hydrogen-bond acceptors (Lipinski definition) is 4. The van der Waals surface area contributed by atoms with E-state index in [4.69, 9.17) is 4.42 Å². The Hall–Kier alpha value is -2.66. The number of halogens is 1. The molecule has 4 nitrogen and oxygen atoms in total. The molecule has 0 aliphatic rings. The highest BCUT2D eigenvalue weighted by Gasteiger charge is 2.09. The molecule has 0 spiro atoms. The van der Waals surface area contributed by atoms with Gasteiger partial charge in [-0.25, -0.2) is 4.79 Å². The quantitative estimate of drug-likeness (QED) is 0.449. The molecule has 0 radical (unpaired) electrons. The summed E-state index contributed by atoms with van der Waals surface area (Å²) < 4.78 is 14.9. The molecule has 0 saturated heterocycles. The summed E-state index contributed by atoms with van der Waals surface area (Å²) in [5.41, 5.74) is 8.16. The van der Waals surface area contributed by atoms with Gasteiger partial charge in [-0.05, 0) is 63.4 Å². The van der Waals surface area contributed by atoms with E-state index < -0.39 is 0 Å². The molecule has 0 aliphatic heterocycles. The van der Waals surface area contributed by atoms with Crippen molar-refractivity contribution in [1.29, 1.82) is 0 Å². The van der Waals surface area contributed by atoms with Crippen LogP contribution in [0, 0.1) is 0 Å². The summed E-state index contributed by atoms with van der Waals surface area (Å²) in [7, 11) is 2.00. The minimum absolute atomic E-state index is 0.287. The molecule has 2 N–H and O–H groups in total. The molecule has 2 rings (SSSR count). The summed E-state index contributed by atoms with van der Waals surface area (Å²) in [6.45, 7) is 13.6. The predicted molar refractivity (Wildman–Crippen MR) is 125 cm³/mol. The SMILES string of the molecule is C=C/C=C(\C=C)CCCc1cc(=O)oc2cc(N(CC)CC)ccc12.CF.CN. The first-order valence-electron chi connectivity index (χ1n) is 9.84. The van der Waals surface area contributed by atoms with Gasteiger partial charge in [0.05, 0.1) is 7.18 Å². The molecule has 0 aliphatic carbocycles. The first-order chi connectivity index (χ1) is 14.1. The fourth-order valence-corrected chi connectivity index (χ4v) is 3.10. The van der Waals surface area contributed by atoms with E-state index in [9.17, 15) is 9.18 Å². The maximum Gasteiger partial charge on any atom is 0.336 e. The smallest absolute Gasteiger partial charge is 0.336 e. The highest BCUT2D eigenvalue weighted by Crippen LogP contribution is 2.25. The Morgan fingerprint density at radius 2 is 1.83 bits per heavy atom. The van der Waals surface area contributed by atoms with Crippen molar-refractivity contribution in [3.8, 4) is 0 Å². The van der Waals surface area contributed by atoms with Crippen LogP contribution in [0.25, 0.3) is 11.0 Å². The van der Waals surface area contributed by atoms with E-state index in [-0.39, 0.29) is 5.63 Å². The lowest BCUT2D eigenvalue weighted by Gasteiger charge is -2.21. The van der Waals surface area contributed by atoms with Crippen LogP contribution in [0.3, 0.4) is 0 Å². The molecule has 29 heavy (non-hydrogen) atoms. The lowest BCUT2D eigenvalue weighted by molar-refractivity contribution is 0.558. The maximum absolute atomic E-state index is 12.0. The number of anilines is 1. The Kier molecular flexibility index (Phi) is 13.9. The van der Waals surface area contributed by atoms with Gasteiger partial charge >= 0.3 is 5.63 Å². The fourth-order valence-electron chi connectivity index (χ4n) is 3.10. The molecule has 1 heterocycles. The summed E-state index contributed by atoms with van der Waals surface area (Å²) in [5, 5.41) is 1.02. The molecule has 2 aromatic rings. The maximum atomic E-state index is 12.0. The van der Waals surface area contributed by atoms with E-state index in [1.807, 2.05) is 18.2 Å². The molecule has 0 unspecified atom stereocenters. The van der Waals surface area contributed by atoms with E-state index in [0.29, 0.717) is 12.8 Å². The van der Waals surface area contributed by atoms with Crippen molar-refractivity contribution in [3.05, 3.63) is 77.2 Å². The number of nitrogens with two attached hydrogens (primary N) is 1. The zero-order chi connectivity index (χ0) is 22.2. The molecule has 160 valence electrons. The largest absolute Gasteiger partial charge is 0.423 e. The van der Waals surface area contributed by atoms with E-state index in [1.165, 1.54) is 7.05 Å². The number of alkyl halides is 1. The van der Waals surface area contributed by atoms with Crippen molar-refractivity contribution in [3.63, 3.8) is 0 Å². The second kappa shape index (κ2) is 15.3. The molecule has 5 heteroatoms. The van der Waals surface area contributed by atoms with Gasteiger partial charge in [0.2, 0.25) is 0 Å². The first-order valence-corrected chi connectivity index (χ1v) is 9.84. The lowest BCUT2D eigenvalue weighted by atomic mass is 10.0. The van der Waals surface area contributed by atoms with Crippen molar-refractivity contribution >= 4 is 16.7 Å². The summed E-state index contributed by atoms with van der Waals surface area (Å²) in [4.78, 5) is 14.2. The third-order valence-electron chi connectivity index (χ3n) is 4.45. The Bertz CT molecular complexity index is 836. The van der Waals surface area contributed by atoms with Crippen molar-refractivity contribution in [2.24, 2.45) is 5.73 Å². The number of aryl methyl sites for hydroxylation is 1. The third kappa shape index (κ3) is 8.08. The number of hydrogen-bond donors (Lipinski definition) is 1.